The van der Waals surface area contributed by atoms with Gasteiger partial charge in [-0.15, -0.1) is 0 Å². The first-order valence-electron chi connectivity index (χ1n) is 5.85. The van der Waals surface area contributed by atoms with E-state index in [0.717, 1.165) is 5.56 Å². The molecule has 1 aromatic carbocycles. The lowest BCUT2D eigenvalue weighted by Gasteiger charge is -2.07. The Labute approximate surface area is 118 Å². The zero-order chi connectivity index (χ0) is 14.5. The van der Waals surface area contributed by atoms with Crippen LogP contribution in [0, 0.1) is 0 Å². The van der Waals surface area contributed by atoms with E-state index in [4.69, 9.17) is 17.3 Å². The molecule has 1 aromatic rings. The van der Waals surface area contributed by atoms with Crippen molar-refractivity contribution in [2.24, 2.45) is 5.73 Å². The summed E-state index contributed by atoms with van der Waals surface area (Å²) in [4.78, 5) is 10.9. The summed E-state index contributed by atoms with van der Waals surface area (Å²) in [5, 5.41) is 3.43. The van der Waals surface area contributed by atoms with Crippen molar-refractivity contribution in [3.63, 3.8) is 0 Å². The molecule has 0 aliphatic heterocycles. The molecule has 0 fully saturated rings. The zero-order valence-electron chi connectivity index (χ0n) is 10.6. The van der Waals surface area contributed by atoms with Crippen molar-refractivity contribution in [1.82, 2.24) is 5.32 Å². The summed E-state index contributed by atoms with van der Waals surface area (Å²) in [5.74, 6) is -0.293. The molecule has 5 nitrogen and oxygen atoms in total. The van der Waals surface area contributed by atoms with Crippen molar-refractivity contribution >= 4 is 27.3 Å². The Morgan fingerprint density at radius 2 is 2.11 bits per heavy atom. The minimum absolute atomic E-state index is 0.0977. The molecule has 0 saturated heterocycles. The Hall–Kier alpha value is -1.11. The average Bonchev–Trinajstić information content (AvgIpc) is 2.36. The molecule has 1 amide bonds. The molecular formula is C12H17ClN2O3S. The number of benzene rings is 1. The van der Waals surface area contributed by atoms with Gasteiger partial charge >= 0.3 is 0 Å². The van der Waals surface area contributed by atoms with E-state index in [1.54, 1.807) is 19.1 Å². The molecule has 19 heavy (non-hydrogen) atoms. The molecule has 0 aromatic heterocycles. The number of carbonyl (C=O) groups excluding carboxylic acids is 1. The van der Waals surface area contributed by atoms with Gasteiger partial charge in [0.05, 0.1) is 5.75 Å². The fourth-order valence-electron chi connectivity index (χ4n) is 1.44. The van der Waals surface area contributed by atoms with Gasteiger partial charge in [0.15, 0.2) is 9.84 Å². The first-order valence-corrected chi connectivity index (χ1v) is 8.05. The maximum atomic E-state index is 11.3. The van der Waals surface area contributed by atoms with Crippen molar-refractivity contribution < 1.29 is 13.2 Å². The number of rotatable bonds is 7. The molecule has 0 radical (unpaired) electrons. The van der Waals surface area contributed by atoms with Crippen molar-refractivity contribution in [2.75, 3.05) is 18.1 Å². The van der Waals surface area contributed by atoms with E-state index in [0.29, 0.717) is 23.7 Å². The number of carbonyl (C=O) groups is 1. The average molecular weight is 305 g/mol. The monoisotopic (exact) mass is 304 g/mol. The number of hydrogen-bond acceptors (Lipinski definition) is 4. The van der Waals surface area contributed by atoms with Gasteiger partial charge in [-0.3, -0.25) is 4.79 Å². The van der Waals surface area contributed by atoms with Crippen LogP contribution in [-0.4, -0.2) is 32.4 Å². The van der Waals surface area contributed by atoms with E-state index in [9.17, 15) is 13.2 Å². The third kappa shape index (κ3) is 5.18. The Morgan fingerprint density at radius 3 is 2.63 bits per heavy atom. The van der Waals surface area contributed by atoms with E-state index in [1.165, 1.54) is 6.07 Å². The van der Waals surface area contributed by atoms with Crippen LogP contribution < -0.4 is 11.1 Å². The van der Waals surface area contributed by atoms with Crippen LogP contribution in [0.2, 0.25) is 5.02 Å². The van der Waals surface area contributed by atoms with Gasteiger partial charge in [0.2, 0.25) is 5.91 Å². The quantitative estimate of drug-likeness (QED) is 0.734. The summed E-state index contributed by atoms with van der Waals surface area (Å²) in [5.41, 5.74) is 6.28. The van der Waals surface area contributed by atoms with Crippen molar-refractivity contribution in [1.29, 1.82) is 0 Å². The summed E-state index contributed by atoms with van der Waals surface area (Å²) >= 11 is 6.00. The Balaban J connectivity index is 2.53. The largest absolute Gasteiger partial charge is 0.366 e. The molecule has 0 heterocycles. The lowest BCUT2D eigenvalue weighted by Crippen LogP contribution is -2.23. The van der Waals surface area contributed by atoms with Gasteiger partial charge < -0.3 is 11.1 Å². The maximum Gasteiger partial charge on any atom is 0.248 e. The van der Waals surface area contributed by atoms with Crippen molar-refractivity contribution in [3.8, 4) is 0 Å². The number of nitrogens with two attached hydrogens (primary N) is 1. The van der Waals surface area contributed by atoms with Crippen LogP contribution in [0.1, 0.15) is 22.8 Å². The predicted molar refractivity (Wildman–Crippen MR) is 76.0 cm³/mol. The maximum absolute atomic E-state index is 11.3. The molecule has 1 rings (SSSR count). The molecule has 0 atom stereocenters. The van der Waals surface area contributed by atoms with Gasteiger partial charge in [0.25, 0.3) is 0 Å². The van der Waals surface area contributed by atoms with Crippen LogP contribution in [0.4, 0.5) is 0 Å². The number of hydrogen-bond donors (Lipinski definition) is 2. The highest BCUT2D eigenvalue weighted by molar-refractivity contribution is 7.91. The van der Waals surface area contributed by atoms with Crippen LogP contribution in [0.3, 0.4) is 0 Å². The molecule has 0 bridgehead atoms. The molecule has 0 saturated carbocycles. The Morgan fingerprint density at radius 1 is 1.42 bits per heavy atom. The summed E-state index contributed by atoms with van der Waals surface area (Å²) in [6.07, 6.45) is 0. The standard InChI is InChI=1S/C12H17ClN2O3S/c1-2-19(17,18)6-5-15-8-10-4-3-9(12(14)16)7-11(10)13/h3-4,7,15H,2,5-6,8H2,1H3,(H2,14,16). The lowest BCUT2D eigenvalue weighted by atomic mass is 10.1. The summed E-state index contributed by atoms with van der Waals surface area (Å²) in [6, 6.07) is 4.79. The summed E-state index contributed by atoms with van der Waals surface area (Å²) < 4.78 is 22.6. The van der Waals surface area contributed by atoms with Crippen LogP contribution in [0.25, 0.3) is 0 Å². The number of primary amides is 1. The molecular weight excluding hydrogens is 288 g/mol. The van der Waals surface area contributed by atoms with Crippen LogP contribution in [0.5, 0.6) is 0 Å². The second-order valence-corrected chi connectivity index (χ2v) is 6.96. The van der Waals surface area contributed by atoms with Gasteiger partial charge in [-0.1, -0.05) is 24.6 Å². The van der Waals surface area contributed by atoms with E-state index in [1.807, 2.05) is 0 Å². The van der Waals surface area contributed by atoms with Gasteiger partial charge in [-0.05, 0) is 17.7 Å². The van der Waals surface area contributed by atoms with Gasteiger partial charge in [0, 0.05) is 29.4 Å². The second-order valence-electron chi connectivity index (χ2n) is 4.08. The first kappa shape index (κ1) is 15.9. The van der Waals surface area contributed by atoms with Crippen LogP contribution in [-0.2, 0) is 16.4 Å². The Kier molecular flexibility index (Phi) is 5.78. The molecule has 0 aliphatic rings. The topological polar surface area (TPSA) is 89.3 Å². The molecule has 106 valence electrons. The highest BCUT2D eigenvalue weighted by atomic mass is 35.5. The third-order valence-electron chi connectivity index (χ3n) is 2.68. The highest BCUT2D eigenvalue weighted by Gasteiger charge is 2.08. The second kappa shape index (κ2) is 6.88. The molecule has 7 heteroatoms. The predicted octanol–water partition coefficient (Wildman–Crippen LogP) is 0.963. The smallest absolute Gasteiger partial charge is 0.248 e. The number of sulfone groups is 1. The van der Waals surface area contributed by atoms with Gasteiger partial charge in [-0.25, -0.2) is 8.42 Å². The van der Waals surface area contributed by atoms with Crippen LogP contribution >= 0.6 is 11.6 Å². The molecule has 0 spiro atoms. The van der Waals surface area contributed by atoms with Crippen molar-refractivity contribution in [3.05, 3.63) is 34.3 Å². The number of halogens is 1. The normalized spacial score (nSPS) is 11.5. The summed E-state index contributed by atoms with van der Waals surface area (Å²) in [6.45, 7) is 2.43. The fourth-order valence-corrected chi connectivity index (χ4v) is 2.43. The van der Waals surface area contributed by atoms with E-state index < -0.39 is 15.7 Å². The van der Waals surface area contributed by atoms with Crippen molar-refractivity contribution in [2.45, 2.75) is 13.5 Å². The van der Waals surface area contributed by atoms with Gasteiger partial charge in [0.1, 0.15) is 0 Å². The van der Waals surface area contributed by atoms with Crippen LogP contribution in [0.15, 0.2) is 18.2 Å². The van der Waals surface area contributed by atoms with E-state index in [-0.39, 0.29) is 11.5 Å². The van der Waals surface area contributed by atoms with Gasteiger partial charge in [-0.2, -0.15) is 0 Å². The zero-order valence-corrected chi connectivity index (χ0v) is 12.2. The SMILES string of the molecule is CCS(=O)(=O)CCNCc1ccc(C(N)=O)cc1Cl. The minimum atomic E-state index is -2.96. The number of amides is 1. The van der Waals surface area contributed by atoms with E-state index in [2.05, 4.69) is 5.32 Å². The third-order valence-corrected chi connectivity index (χ3v) is 4.74. The lowest BCUT2D eigenvalue weighted by molar-refractivity contribution is 0.100. The fraction of sp³-hybridized carbons (Fsp3) is 0.417. The molecule has 3 N–H and O–H groups in total. The highest BCUT2D eigenvalue weighted by Crippen LogP contribution is 2.17. The summed E-state index contributed by atoms with van der Waals surface area (Å²) in [7, 11) is -2.96. The molecule has 0 unspecified atom stereocenters. The van der Waals surface area contributed by atoms with E-state index >= 15 is 0 Å². The number of nitrogens with one attached hydrogen (secondary N) is 1. The minimum Gasteiger partial charge on any atom is -0.366 e. The molecule has 0 aliphatic carbocycles. The first-order chi connectivity index (χ1) is 8.85. The Bertz CT molecular complexity index is 558.